The lowest BCUT2D eigenvalue weighted by Crippen LogP contribution is -2.07. The van der Waals surface area contributed by atoms with Gasteiger partial charge in [-0.25, -0.2) is 0 Å². The van der Waals surface area contributed by atoms with Crippen LogP contribution >= 0.6 is 0 Å². The number of H-pyrrole nitrogens is 1. The molecule has 2 aromatic carbocycles. The summed E-state index contributed by atoms with van der Waals surface area (Å²) in [5.41, 5.74) is 14.5. The first-order chi connectivity index (χ1) is 13.6. The van der Waals surface area contributed by atoms with Crippen molar-refractivity contribution in [2.24, 2.45) is 0 Å². The summed E-state index contributed by atoms with van der Waals surface area (Å²) in [6.45, 7) is 11.5. The summed E-state index contributed by atoms with van der Waals surface area (Å²) < 4.78 is 0. The number of benzene rings is 2. The van der Waals surface area contributed by atoms with Gasteiger partial charge in [-0.15, -0.1) is 0 Å². The van der Waals surface area contributed by atoms with Gasteiger partial charge in [0.05, 0.1) is 6.07 Å². The number of anilines is 1. The fourth-order valence-electron chi connectivity index (χ4n) is 3.41. The van der Waals surface area contributed by atoms with Crippen LogP contribution in [0, 0.1) is 45.9 Å². The zero-order valence-electron chi connectivity index (χ0n) is 17.9. The predicted molar refractivity (Wildman–Crippen MR) is 118 cm³/mol. The number of ketones is 1. The molecule has 3 rings (SSSR count). The molecule has 29 heavy (non-hydrogen) atoms. The summed E-state index contributed by atoms with van der Waals surface area (Å²) in [7, 11) is 0. The van der Waals surface area contributed by atoms with Crippen molar-refractivity contribution in [2.75, 3.05) is 5.73 Å². The highest BCUT2D eigenvalue weighted by Gasteiger charge is 2.17. The number of aromatic nitrogens is 2. The van der Waals surface area contributed by atoms with Gasteiger partial charge < -0.3 is 5.73 Å². The molecule has 1 atom stereocenters. The van der Waals surface area contributed by atoms with Gasteiger partial charge >= 0.3 is 0 Å². The molecule has 1 aromatic heterocycles. The molecule has 0 aliphatic heterocycles. The number of hydrogen-bond donors (Lipinski definition) is 2. The van der Waals surface area contributed by atoms with Crippen LogP contribution in [0.2, 0.25) is 0 Å². The van der Waals surface area contributed by atoms with Crippen molar-refractivity contribution < 1.29 is 4.79 Å². The van der Waals surface area contributed by atoms with Gasteiger partial charge in [0.2, 0.25) is 0 Å². The minimum Gasteiger partial charge on any atom is -0.382 e. The van der Waals surface area contributed by atoms with Crippen molar-refractivity contribution in [1.82, 2.24) is 10.2 Å². The molecule has 0 bridgehead atoms. The Labute approximate surface area is 172 Å². The number of carbonyl (C=O) groups is 1. The summed E-state index contributed by atoms with van der Waals surface area (Å²) in [6, 6.07) is 14.1. The first kappa shape index (κ1) is 21.9. The molecule has 5 nitrogen and oxygen atoms in total. The molecule has 0 aliphatic carbocycles. The van der Waals surface area contributed by atoms with E-state index in [0.717, 1.165) is 33.5 Å². The van der Waals surface area contributed by atoms with Crippen LogP contribution in [0.4, 0.5) is 5.82 Å². The van der Waals surface area contributed by atoms with Gasteiger partial charge in [-0.2, -0.15) is 10.4 Å². The Balaban J connectivity index is 0.000000208. The molecular weight excluding hydrogens is 360 g/mol. The lowest BCUT2D eigenvalue weighted by Gasteiger charge is -2.09. The number of nitrogen functional groups attached to an aromatic ring is 1. The number of nitriles is 1. The van der Waals surface area contributed by atoms with Crippen molar-refractivity contribution in [1.29, 1.82) is 5.26 Å². The van der Waals surface area contributed by atoms with Gasteiger partial charge in [-0.1, -0.05) is 47.5 Å². The Morgan fingerprint density at radius 3 is 2.07 bits per heavy atom. The van der Waals surface area contributed by atoms with Gasteiger partial charge in [0.1, 0.15) is 5.92 Å². The highest BCUT2D eigenvalue weighted by atomic mass is 16.1. The molecule has 0 fully saturated rings. The summed E-state index contributed by atoms with van der Waals surface area (Å²) >= 11 is 0. The smallest absolute Gasteiger partial charge is 0.153 e. The van der Waals surface area contributed by atoms with Gasteiger partial charge in [0.25, 0.3) is 0 Å². The van der Waals surface area contributed by atoms with E-state index in [0.29, 0.717) is 5.82 Å². The SMILES string of the molecule is CC(=O)C(C#N)c1ccc(C)cc1C.Cc1ccc(-c2c(N)n[nH]c2C)c(C)c1. The van der Waals surface area contributed by atoms with Gasteiger partial charge in [0, 0.05) is 11.3 Å². The molecule has 0 radical (unpaired) electrons. The normalized spacial score (nSPS) is 11.2. The summed E-state index contributed by atoms with van der Waals surface area (Å²) in [5.74, 6) is -0.144. The molecule has 1 heterocycles. The van der Waals surface area contributed by atoms with Gasteiger partial charge in [-0.05, 0) is 63.8 Å². The number of nitrogens with two attached hydrogens (primary N) is 1. The highest BCUT2D eigenvalue weighted by molar-refractivity contribution is 5.86. The molecule has 3 aromatic rings. The van der Waals surface area contributed by atoms with E-state index in [-0.39, 0.29) is 5.78 Å². The number of aromatic amines is 1. The number of carbonyl (C=O) groups excluding carboxylic acids is 1. The largest absolute Gasteiger partial charge is 0.382 e. The molecule has 0 spiro atoms. The maximum atomic E-state index is 11.2. The lowest BCUT2D eigenvalue weighted by molar-refractivity contribution is -0.117. The monoisotopic (exact) mass is 388 g/mol. The van der Waals surface area contributed by atoms with Crippen LogP contribution in [0.15, 0.2) is 36.4 Å². The number of aryl methyl sites for hydroxylation is 5. The van der Waals surface area contributed by atoms with E-state index in [4.69, 9.17) is 11.0 Å². The van der Waals surface area contributed by atoms with Crippen molar-refractivity contribution in [3.05, 3.63) is 69.9 Å². The van der Waals surface area contributed by atoms with E-state index in [1.54, 1.807) is 0 Å². The highest BCUT2D eigenvalue weighted by Crippen LogP contribution is 2.30. The Bertz CT molecular complexity index is 1050. The zero-order valence-corrected chi connectivity index (χ0v) is 17.9. The van der Waals surface area contributed by atoms with Crippen LogP contribution in [-0.2, 0) is 4.79 Å². The van der Waals surface area contributed by atoms with Crippen LogP contribution in [-0.4, -0.2) is 16.0 Å². The van der Waals surface area contributed by atoms with Crippen LogP contribution in [0.3, 0.4) is 0 Å². The van der Waals surface area contributed by atoms with Gasteiger partial charge in [-0.3, -0.25) is 9.89 Å². The molecule has 3 N–H and O–H groups in total. The fraction of sp³-hybridized carbons (Fsp3) is 0.292. The molecule has 0 saturated heterocycles. The van der Waals surface area contributed by atoms with Crippen LogP contribution in [0.1, 0.15) is 46.4 Å². The predicted octanol–water partition coefficient (Wildman–Crippen LogP) is 5.08. The van der Waals surface area contributed by atoms with E-state index in [2.05, 4.69) is 42.2 Å². The number of hydrogen-bond acceptors (Lipinski definition) is 4. The van der Waals surface area contributed by atoms with E-state index in [1.807, 2.05) is 45.0 Å². The van der Waals surface area contributed by atoms with E-state index in [1.165, 1.54) is 18.1 Å². The maximum absolute atomic E-state index is 11.2. The average molecular weight is 389 g/mol. The Kier molecular flexibility index (Phi) is 6.95. The van der Waals surface area contributed by atoms with Crippen molar-refractivity contribution in [3.8, 4) is 17.2 Å². The third kappa shape index (κ3) is 5.11. The second-order valence-corrected chi connectivity index (χ2v) is 7.46. The minimum atomic E-state index is -0.615. The van der Waals surface area contributed by atoms with E-state index in [9.17, 15) is 4.79 Å². The number of Topliss-reactive ketones (excluding diaryl/α,β-unsaturated/α-hetero) is 1. The molecule has 0 saturated carbocycles. The van der Waals surface area contributed by atoms with Crippen LogP contribution in [0.25, 0.3) is 11.1 Å². The first-order valence-corrected chi connectivity index (χ1v) is 9.51. The standard InChI is InChI=1S/C12H15N3.C12H13NO/c1-7-4-5-10(8(2)6-7)11-9(3)14-15-12(11)13;1-8-4-5-11(9(2)6-8)12(7-13)10(3)14/h4-6H,1-3H3,(H3,13,14,15);4-6,12H,1-3H3. The van der Waals surface area contributed by atoms with E-state index >= 15 is 0 Å². The van der Waals surface area contributed by atoms with E-state index < -0.39 is 5.92 Å². The third-order valence-electron chi connectivity index (χ3n) is 4.90. The van der Waals surface area contributed by atoms with Crippen LogP contribution < -0.4 is 5.73 Å². The number of nitrogens with zero attached hydrogens (tertiary/aromatic N) is 2. The summed E-state index contributed by atoms with van der Waals surface area (Å²) in [4.78, 5) is 11.2. The van der Waals surface area contributed by atoms with Crippen molar-refractivity contribution in [3.63, 3.8) is 0 Å². The molecule has 0 amide bonds. The fourth-order valence-corrected chi connectivity index (χ4v) is 3.41. The third-order valence-corrected chi connectivity index (χ3v) is 4.90. The number of nitrogens with one attached hydrogen (secondary N) is 1. The maximum Gasteiger partial charge on any atom is 0.153 e. The summed E-state index contributed by atoms with van der Waals surface area (Å²) in [5, 5.41) is 15.8. The second-order valence-electron chi connectivity index (χ2n) is 7.46. The van der Waals surface area contributed by atoms with Crippen LogP contribution in [0.5, 0.6) is 0 Å². The van der Waals surface area contributed by atoms with Gasteiger partial charge in [0.15, 0.2) is 11.6 Å². The molecule has 1 unspecified atom stereocenters. The quantitative estimate of drug-likeness (QED) is 0.654. The molecule has 0 aliphatic rings. The minimum absolute atomic E-state index is 0.0977. The molecular formula is C24H28N4O. The second kappa shape index (κ2) is 9.20. The topological polar surface area (TPSA) is 95.6 Å². The Morgan fingerprint density at radius 2 is 1.62 bits per heavy atom. The number of rotatable bonds is 3. The lowest BCUT2D eigenvalue weighted by atomic mass is 9.92. The first-order valence-electron chi connectivity index (χ1n) is 9.51. The van der Waals surface area contributed by atoms with Crippen molar-refractivity contribution >= 4 is 11.6 Å². The Hall–Kier alpha value is -3.39. The summed E-state index contributed by atoms with van der Waals surface area (Å²) in [6.07, 6.45) is 0. The molecule has 5 heteroatoms. The molecule has 150 valence electrons. The average Bonchev–Trinajstić information content (AvgIpc) is 2.97. The zero-order chi connectivity index (χ0) is 21.7. The Morgan fingerprint density at radius 1 is 1.03 bits per heavy atom. The van der Waals surface area contributed by atoms with Crippen molar-refractivity contribution in [2.45, 2.75) is 47.5 Å².